The van der Waals surface area contributed by atoms with Crippen LogP contribution in [0.5, 0.6) is 0 Å². The third-order valence-electron chi connectivity index (χ3n) is 1.64. The van der Waals surface area contributed by atoms with Gasteiger partial charge < -0.3 is 9.47 Å². The second-order valence-electron chi connectivity index (χ2n) is 3.08. The van der Waals surface area contributed by atoms with Gasteiger partial charge in [-0.05, 0) is 13.8 Å². The first-order chi connectivity index (χ1) is 5.09. The smallest absolute Gasteiger partial charge is 0.163 e. The van der Waals surface area contributed by atoms with Crippen molar-refractivity contribution in [2.45, 2.75) is 31.8 Å². The summed E-state index contributed by atoms with van der Waals surface area (Å²) in [6.07, 6.45) is 0.177. The minimum absolute atomic E-state index is 0.0887. The average Bonchev–Trinajstić information content (AvgIpc) is 2.25. The third kappa shape index (κ3) is 2.28. The lowest BCUT2D eigenvalue weighted by Gasteiger charge is -2.16. The summed E-state index contributed by atoms with van der Waals surface area (Å²) >= 11 is 8.34. The molecule has 2 atom stereocenters. The molecule has 1 aliphatic heterocycles. The quantitative estimate of drug-likeness (QED) is 0.653. The number of thiol groups is 2. The average molecular weight is 198 g/mol. The molecule has 1 heterocycles. The van der Waals surface area contributed by atoms with Crippen molar-refractivity contribution >= 4 is 25.3 Å². The molecule has 0 bridgehead atoms. The second-order valence-corrected chi connectivity index (χ2v) is 3.81. The van der Waals surface area contributed by atoms with Crippen LogP contribution < -0.4 is 0 Å². The van der Waals surface area contributed by atoms with E-state index in [0.29, 0.717) is 11.5 Å². The molecule has 0 saturated carbocycles. The van der Waals surface area contributed by atoms with Crippen LogP contribution in [0.3, 0.4) is 0 Å². The molecule has 1 aliphatic rings. The van der Waals surface area contributed by atoms with E-state index in [-0.39, 0.29) is 12.2 Å². The molecular formula is C7H14O2S2. The van der Waals surface area contributed by atoms with E-state index in [2.05, 4.69) is 25.3 Å². The highest BCUT2D eigenvalue weighted by atomic mass is 32.1. The first-order valence-electron chi connectivity index (χ1n) is 3.66. The van der Waals surface area contributed by atoms with Gasteiger partial charge in [-0.1, -0.05) is 0 Å². The van der Waals surface area contributed by atoms with Gasteiger partial charge in [-0.3, -0.25) is 0 Å². The minimum Gasteiger partial charge on any atom is -0.344 e. The molecule has 2 nitrogen and oxygen atoms in total. The molecule has 4 heteroatoms. The Morgan fingerprint density at radius 3 is 1.73 bits per heavy atom. The van der Waals surface area contributed by atoms with Gasteiger partial charge in [-0.15, -0.1) is 0 Å². The lowest BCUT2D eigenvalue weighted by molar-refractivity contribution is -0.142. The molecule has 0 amide bonds. The van der Waals surface area contributed by atoms with Crippen LogP contribution in [-0.4, -0.2) is 29.5 Å². The Morgan fingerprint density at radius 2 is 1.45 bits per heavy atom. The first-order valence-corrected chi connectivity index (χ1v) is 4.93. The van der Waals surface area contributed by atoms with Crippen LogP contribution in [0.25, 0.3) is 0 Å². The zero-order valence-corrected chi connectivity index (χ0v) is 8.57. The van der Waals surface area contributed by atoms with Gasteiger partial charge >= 0.3 is 0 Å². The summed E-state index contributed by atoms with van der Waals surface area (Å²) in [5.74, 6) is 0.921. The molecule has 0 aromatic carbocycles. The van der Waals surface area contributed by atoms with Crippen LogP contribution in [0.4, 0.5) is 0 Å². The largest absolute Gasteiger partial charge is 0.344 e. The summed E-state index contributed by atoms with van der Waals surface area (Å²) in [6, 6.07) is 0. The van der Waals surface area contributed by atoms with Crippen molar-refractivity contribution in [3.63, 3.8) is 0 Å². The lowest BCUT2D eigenvalue weighted by Crippen LogP contribution is -2.25. The van der Waals surface area contributed by atoms with Crippen LogP contribution in [0.1, 0.15) is 13.8 Å². The first kappa shape index (κ1) is 9.71. The number of ether oxygens (including phenoxy) is 2. The van der Waals surface area contributed by atoms with Crippen molar-refractivity contribution in [2.24, 2.45) is 0 Å². The van der Waals surface area contributed by atoms with E-state index in [1.54, 1.807) is 0 Å². The van der Waals surface area contributed by atoms with Crippen LogP contribution in [0.2, 0.25) is 0 Å². The topological polar surface area (TPSA) is 18.5 Å². The number of hydrogen-bond donors (Lipinski definition) is 2. The van der Waals surface area contributed by atoms with Crippen molar-refractivity contribution in [1.29, 1.82) is 0 Å². The van der Waals surface area contributed by atoms with Gasteiger partial charge in [0.25, 0.3) is 0 Å². The predicted octanol–water partition coefficient (Wildman–Crippen LogP) is 1.37. The van der Waals surface area contributed by atoms with Crippen molar-refractivity contribution in [3.8, 4) is 0 Å². The van der Waals surface area contributed by atoms with Crippen LogP contribution in [0.15, 0.2) is 0 Å². The van der Waals surface area contributed by atoms with Gasteiger partial charge in [-0.2, -0.15) is 25.3 Å². The van der Waals surface area contributed by atoms with E-state index in [4.69, 9.17) is 9.47 Å². The van der Waals surface area contributed by atoms with E-state index in [0.717, 1.165) is 0 Å². The summed E-state index contributed by atoms with van der Waals surface area (Å²) in [7, 11) is 0. The summed E-state index contributed by atoms with van der Waals surface area (Å²) in [4.78, 5) is 0. The fourth-order valence-corrected chi connectivity index (χ4v) is 1.84. The van der Waals surface area contributed by atoms with E-state index < -0.39 is 5.79 Å². The maximum absolute atomic E-state index is 5.55. The van der Waals surface area contributed by atoms with Crippen LogP contribution >= 0.6 is 25.3 Å². The zero-order chi connectivity index (χ0) is 8.48. The van der Waals surface area contributed by atoms with Gasteiger partial charge in [0.2, 0.25) is 0 Å². The Kier molecular flexibility index (Phi) is 3.14. The summed E-state index contributed by atoms with van der Waals surface area (Å²) in [6.45, 7) is 3.82. The predicted molar refractivity (Wildman–Crippen MR) is 51.5 cm³/mol. The van der Waals surface area contributed by atoms with Gasteiger partial charge in [-0.25, -0.2) is 0 Å². The summed E-state index contributed by atoms with van der Waals surface area (Å²) < 4.78 is 11.1. The molecule has 0 spiro atoms. The minimum atomic E-state index is -0.458. The molecule has 0 radical (unpaired) electrons. The molecular weight excluding hydrogens is 184 g/mol. The molecule has 1 rings (SSSR count). The Morgan fingerprint density at radius 1 is 1.09 bits per heavy atom. The fraction of sp³-hybridized carbons (Fsp3) is 1.00. The Balaban J connectivity index is 2.55. The van der Waals surface area contributed by atoms with Gasteiger partial charge in [0, 0.05) is 11.5 Å². The standard InChI is InChI=1S/C7H14O2S2/c1-7(2)8-5(3-10)6(4-11)9-7/h5-6,10-11H,3-4H2,1-2H3/t5-,6+/i3+2,4+2. The highest BCUT2D eigenvalue weighted by Crippen LogP contribution is 2.28. The Hall–Kier alpha value is 0.620. The van der Waals surface area contributed by atoms with Gasteiger partial charge in [0.1, 0.15) is 0 Å². The number of hydrogen-bond acceptors (Lipinski definition) is 4. The molecule has 0 aliphatic carbocycles. The third-order valence-corrected chi connectivity index (χ3v) is 2.36. The van der Waals surface area contributed by atoms with Crippen LogP contribution in [-0.2, 0) is 9.47 Å². The van der Waals surface area contributed by atoms with Crippen molar-refractivity contribution in [2.75, 3.05) is 11.5 Å². The molecule has 66 valence electrons. The van der Waals surface area contributed by atoms with E-state index in [1.165, 1.54) is 0 Å². The Bertz CT molecular complexity index is 124. The summed E-state index contributed by atoms with van der Waals surface area (Å²) in [5.41, 5.74) is 0. The van der Waals surface area contributed by atoms with Crippen molar-refractivity contribution in [1.82, 2.24) is 0 Å². The monoisotopic (exact) mass is 198 g/mol. The van der Waals surface area contributed by atoms with Gasteiger partial charge in [0.15, 0.2) is 5.79 Å². The molecule has 0 N–H and O–H groups in total. The SMILES string of the molecule is CC1(C)O[C@@H]([14CH2]S)[C@@H]([14CH2]S)O1. The maximum atomic E-state index is 5.55. The highest BCUT2D eigenvalue weighted by molar-refractivity contribution is 7.80. The van der Waals surface area contributed by atoms with E-state index in [9.17, 15) is 0 Å². The lowest BCUT2D eigenvalue weighted by atomic mass is 10.4. The molecule has 0 unspecified atom stereocenters. The Labute approximate surface area is 78.5 Å². The molecule has 0 aromatic rings. The molecule has 1 fully saturated rings. The van der Waals surface area contributed by atoms with Crippen LogP contribution in [0, 0.1) is 0 Å². The van der Waals surface area contributed by atoms with Gasteiger partial charge in [0.05, 0.1) is 12.2 Å². The normalized spacial score (nSPS) is 36.0. The molecule has 1 saturated heterocycles. The zero-order valence-electron chi connectivity index (χ0n) is 6.78. The van der Waals surface area contributed by atoms with E-state index >= 15 is 0 Å². The second kappa shape index (κ2) is 3.56. The molecule has 0 aromatic heterocycles. The summed E-state index contributed by atoms with van der Waals surface area (Å²) in [5, 5.41) is 0. The van der Waals surface area contributed by atoms with E-state index in [1.807, 2.05) is 13.8 Å². The fourth-order valence-electron chi connectivity index (χ4n) is 1.22. The number of rotatable bonds is 2. The maximum Gasteiger partial charge on any atom is 0.163 e. The molecule has 11 heavy (non-hydrogen) atoms. The van der Waals surface area contributed by atoms with Crippen molar-refractivity contribution in [3.05, 3.63) is 0 Å². The highest BCUT2D eigenvalue weighted by Gasteiger charge is 2.39. The van der Waals surface area contributed by atoms with Crippen molar-refractivity contribution < 1.29 is 9.47 Å².